The van der Waals surface area contributed by atoms with Crippen LogP contribution in [0.15, 0.2) is 12.2 Å². The molecule has 0 amide bonds. The van der Waals surface area contributed by atoms with Gasteiger partial charge in [-0.1, -0.05) is 26.2 Å². The molecule has 0 aromatic rings. The van der Waals surface area contributed by atoms with E-state index in [1.165, 1.54) is 0 Å². The molecule has 0 aliphatic carbocycles. The summed E-state index contributed by atoms with van der Waals surface area (Å²) in [6.07, 6.45) is 0. The van der Waals surface area contributed by atoms with E-state index in [0.29, 0.717) is 6.61 Å². The molecule has 0 aliphatic heterocycles. The molecule has 0 aromatic carbocycles. The number of carbonyl (C=O) groups is 1. The second-order valence-corrected chi connectivity index (χ2v) is 11.8. The highest BCUT2D eigenvalue weighted by Crippen LogP contribution is 2.18. The van der Waals surface area contributed by atoms with E-state index in [1.54, 1.807) is 0 Å². The van der Waals surface area contributed by atoms with Gasteiger partial charge in [0.2, 0.25) is 0 Å². The molecule has 0 N–H and O–H groups in total. The lowest BCUT2D eigenvalue weighted by molar-refractivity contribution is -0.151. The summed E-state index contributed by atoms with van der Waals surface area (Å²) in [5.41, 5.74) is 0.617. The Labute approximate surface area is 94.7 Å². The highest BCUT2D eigenvalue weighted by atomic mass is 28.3. The SMILES string of the molecule is C=C(COC(=O)C(C)(C)C)C[Si](C)(C)C. The zero-order chi connectivity index (χ0) is 12.3. The Morgan fingerprint density at radius 3 is 2.07 bits per heavy atom. The second kappa shape index (κ2) is 4.97. The van der Waals surface area contributed by atoms with Gasteiger partial charge in [0.25, 0.3) is 0 Å². The molecule has 0 aliphatic rings. The molecular weight excluding hydrogens is 204 g/mol. The average molecular weight is 228 g/mol. The number of hydrogen-bond donors (Lipinski definition) is 0. The van der Waals surface area contributed by atoms with Crippen molar-refractivity contribution in [1.29, 1.82) is 0 Å². The number of rotatable bonds is 4. The van der Waals surface area contributed by atoms with Crippen LogP contribution in [0.5, 0.6) is 0 Å². The zero-order valence-electron chi connectivity index (χ0n) is 10.9. The van der Waals surface area contributed by atoms with Gasteiger partial charge in [-0.15, -0.1) is 0 Å². The van der Waals surface area contributed by atoms with Gasteiger partial charge in [0.1, 0.15) is 6.61 Å². The molecule has 0 rings (SSSR count). The van der Waals surface area contributed by atoms with Gasteiger partial charge < -0.3 is 4.74 Å². The van der Waals surface area contributed by atoms with Crippen molar-refractivity contribution >= 4 is 14.0 Å². The summed E-state index contributed by atoms with van der Waals surface area (Å²) in [6.45, 7) is 16.7. The minimum absolute atomic E-state index is 0.153. The summed E-state index contributed by atoms with van der Waals surface area (Å²) < 4.78 is 5.20. The van der Waals surface area contributed by atoms with Crippen LogP contribution in [0.25, 0.3) is 0 Å². The Morgan fingerprint density at radius 1 is 1.27 bits per heavy atom. The largest absolute Gasteiger partial charge is 0.461 e. The van der Waals surface area contributed by atoms with Gasteiger partial charge >= 0.3 is 5.97 Å². The third kappa shape index (κ3) is 7.37. The first kappa shape index (κ1) is 14.4. The van der Waals surface area contributed by atoms with Crippen LogP contribution in [-0.2, 0) is 9.53 Å². The van der Waals surface area contributed by atoms with E-state index in [2.05, 4.69) is 26.2 Å². The van der Waals surface area contributed by atoms with E-state index in [-0.39, 0.29) is 5.97 Å². The summed E-state index contributed by atoms with van der Waals surface area (Å²) in [6, 6.07) is 1.02. The van der Waals surface area contributed by atoms with Crippen LogP contribution in [0.1, 0.15) is 20.8 Å². The van der Waals surface area contributed by atoms with Crippen LogP contribution in [0.3, 0.4) is 0 Å². The maximum atomic E-state index is 11.5. The first-order valence-corrected chi connectivity index (χ1v) is 9.07. The topological polar surface area (TPSA) is 26.3 Å². The minimum Gasteiger partial charge on any atom is -0.461 e. The fourth-order valence-electron chi connectivity index (χ4n) is 1.19. The monoisotopic (exact) mass is 228 g/mol. The molecule has 0 radical (unpaired) electrons. The average Bonchev–Trinajstić information content (AvgIpc) is 1.94. The Bertz CT molecular complexity index is 243. The van der Waals surface area contributed by atoms with Gasteiger partial charge in [-0.3, -0.25) is 4.79 Å². The van der Waals surface area contributed by atoms with Gasteiger partial charge in [0.05, 0.1) is 5.41 Å². The summed E-state index contributed by atoms with van der Waals surface area (Å²) in [5.74, 6) is -0.153. The Morgan fingerprint density at radius 2 is 1.73 bits per heavy atom. The third-order valence-electron chi connectivity index (χ3n) is 1.80. The maximum absolute atomic E-state index is 11.5. The molecule has 0 bridgehead atoms. The van der Waals surface area contributed by atoms with E-state index in [9.17, 15) is 4.79 Å². The lowest BCUT2D eigenvalue weighted by atomic mass is 9.97. The molecule has 0 aromatic heterocycles. The molecule has 3 heteroatoms. The highest BCUT2D eigenvalue weighted by molar-refractivity contribution is 6.76. The first-order valence-electron chi connectivity index (χ1n) is 5.36. The Balaban J connectivity index is 3.98. The van der Waals surface area contributed by atoms with Crippen LogP contribution in [0.2, 0.25) is 25.7 Å². The van der Waals surface area contributed by atoms with Gasteiger partial charge in [0, 0.05) is 8.07 Å². The van der Waals surface area contributed by atoms with Gasteiger partial charge in [-0.05, 0) is 32.4 Å². The van der Waals surface area contributed by atoms with Crippen LogP contribution >= 0.6 is 0 Å². The molecule has 0 fully saturated rings. The minimum atomic E-state index is -1.13. The van der Waals surface area contributed by atoms with E-state index < -0.39 is 13.5 Å². The van der Waals surface area contributed by atoms with Crippen molar-refractivity contribution in [3.8, 4) is 0 Å². The summed E-state index contributed by atoms with van der Waals surface area (Å²) >= 11 is 0. The highest BCUT2D eigenvalue weighted by Gasteiger charge is 2.23. The normalized spacial score (nSPS) is 12.4. The lowest BCUT2D eigenvalue weighted by Crippen LogP contribution is -2.25. The van der Waals surface area contributed by atoms with Crippen molar-refractivity contribution in [2.75, 3.05) is 6.61 Å². The van der Waals surface area contributed by atoms with Crippen molar-refractivity contribution < 1.29 is 9.53 Å². The first-order chi connectivity index (χ1) is 6.52. The molecular formula is C12H24O2Si. The molecule has 0 atom stereocenters. The van der Waals surface area contributed by atoms with Crippen molar-refractivity contribution in [2.24, 2.45) is 5.41 Å². The summed E-state index contributed by atoms with van der Waals surface area (Å²) in [7, 11) is -1.13. The molecule has 0 spiro atoms. The second-order valence-electron chi connectivity index (χ2n) is 6.31. The van der Waals surface area contributed by atoms with Crippen molar-refractivity contribution in [3.63, 3.8) is 0 Å². The van der Waals surface area contributed by atoms with Gasteiger partial charge in [-0.2, -0.15) is 0 Å². The van der Waals surface area contributed by atoms with Crippen molar-refractivity contribution in [3.05, 3.63) is 12.2 Å². The van der Waals surface area contributed by atoms with Crippen molar-refractivity contribution in [1.82, 2.24) is 0 Å². The fraction of sp³-hybridized carbons (Fsp3) is 0.750. The fourth-order valence-corrected chi connectivity index (χ4v) is 2.79. The Kier molecular flexibility index (Phi) is 4.78. The van der Waals surface area contributed by atoms with E-state index in [0.717, 1.165) is 11.6 Å². The standard InChI is InChI=1S/C12H24O2Si/c1-10(9-15(5,6)7)8-14-11(13)12(2,3)4/h1,8-9H2,2-7H3. The van der Waals surface area contributed by atoms with E-state index in [1.807, 2.05) is 20.8 Å². The number of esters is 1. The van der Waals surface area contributed by atoms with E-state index >= 15 is 0 Å². The predicted octanol–water partition coefficient (Wildman–Crippen LogP) is 3.47. The number of ether oxygens (including phenoxy) is 1. The quantitative estimate of drug-likeness (QED) is 0.418. The molecule has 0 saturated heterocycles. The van der Waals surface area contributed by atoms with Crippen molar-refractivity contribution in [2.45, 2.75) is 46.5 Å². The molecule has 0 unspecified atom stereocenters. The zero-order valence-corrected chi connectivity index (χ0v) is 11.9. The van der Waals surface area contributed by atoms with E-state index in [4.69, 9.17) is 4.74 Å². The van der Waals surface area contributed by atoms with Gasteiger partial charge in [0.15, 0.2) is 0 Å². The molecule has 2 nitrogen and oxygen atoms in total. The summed E-state index contributed by atoms with van der Waals surface area (Å²) in [5, 5.41) is 0. The maximum Gasteiger partial charge on any atom is 0.311 e. The smallest absolute Gasteiger partial charge is 0.311 e. The number of carbonyl (C=O) groups excluding carboxylic acids is 1. The number of hydrogen-bond acceptors (Lipinski definition) is 2. The summed E-state index contributed by atoms with van der Waals surface area (Å²) in [4.78, 5) is 11.5. The third-order valence-corrected chi connectivity index (χ3v) is 3.36. The Hall–Kier alpha value is -0.573. The molecule has 0 saturated carbocycles. The van der Waals surface area contributed by atoms with Crippen LogP contribution in [-0.4, -0.2) is 20.7 Å². The lowest BCUT2D eigenvalue weighted by Gasteiger charge is -2.20. The van der Waals surface area contributed by atoms with Crippen LogP contribution < -0.4 is 0 Å². The molecule has 88 valence electrons. The predicted molar refractivity (Wildman–Crippen MR) is 67.7 cm³/mol. The van der Waals surface area contributed by atoms with Crippen LogP contribution in [0, 0.1) is 5.41 Å². The molecule has 0 heterocycles. The van der Waals surface area contributed by atoms with Gasteiger partial charge in [-0.25, -0.2) is 0 Å². The van der Waals surface area contributed by atoms with Crippen LogP contribution in [0.4, 0.5) is 0 Å². The molecule has 15 heavy (non-hydrogen) atoms.